The topological polar surface area (TPSA) is 55.4 Å². The highest BCUT2D eigenvalue weighted by atomic mass is 32.1. The van der Waals surface area contributed by atoms with Gasteiger partial charge in [-0.15, -0.1) is 11.3 Å². The fourth-order valence-electron chi connectivity index (χ4n) is 4.22. The Hall–Kier alpha value is -2.66. The lowest BCUT2D eigenvalue weighted by atomic mass is 9.73. The lowest BCUT2D eigenvalue weighted by Crippen LogP contribution is -2.35. The minimum absolute atomic E-state index is 0.107. The second kappa shape index (κ2) is 7.76. The number of esters is 1. The normalized spacial score (nSPS) is 22.0. The molecular weight excluding hydrogens is 370 g/mol. The number of dihydropyridines is 1. The fourth-order valence-corrected chi connectivity index (χ4v) is 5.06. The molecule has 5 heteroatoms. The zero-order valence-electron chi connectivity index (χ0n) is 16.0. The third-order valence-electron chi connectivity index (χ3n) is 5.42. The molecule has 0 saturated carbocycles. The summed E-state index contributed by atoms with van der Waals surface area (Å²) < 4.78 is 5.32. The predicted molar refractivity (Wildman–Crippen MR) is 110 cm³/mol. The summed E-state index contributed by atoms with van der Waals surface area (Å²) in [5.41, 5.74) is 4.17. The summed E-state index contributed by atoms with van der Waals surface area (Å²) in [5.74, 6) is -0.439. The first-order valence-corrected chi connectivity index (χ1v) is 10.5. The zero-order valence-corrected chi connectivity index (χ0v) is 16.8. The smallest absolute Gasteiger partial charge is 0.336 e. The van der Waals surface area contributed by atoms with Crippen molar-refractivity contribution in [1.82, 2.24) is 5.32 Å². The van der Waals surface area contributed by atoms with Gasteiger partial charge in [0.05, 0.1) is 18.1 Å². The van der Waals surface area contributed by atoms with Gasteiger partial charge in [0, 0.05) is 28.3 Å². The molecule has 4 nitrogen and oxygen atoms in total. The van der Waals surface area contributed by atoms with Crippen LogP contribution in [0, 0.1) is 0 Å². The van der Waals surface area contributed by atoms with Crippen LogP contribution in [0.3, 0.4) is 0 Å². The van der Waals surface area contributed by atoms with E-state index in [1.54, 1.807) is 18.3 Å². The van der Waals surface area contributed by atoms with E-state index < -0.39 is 0 Å². The number of carbonyl (C=O) groups is 2. The van der Waals surface area contributed by atoms with E-state index in [9.17, 15) is 9.59 Å². The van der Waals surface area contributed by atoms with Crippen LogP contribution >= 0.6 is 11.3 Å². The summed E-state index contributed by atoms with van der Waals surface area (Å²) in [4.78, 5) is 27.0. The summed E-state index contributed by atoms with van der Waals surface area (Å²) in [6.45, 7) is 4.00. The molecule has 2 heterocycles. The summed E-state index contributed by atoms with van der Waals surface area (Å²) in [7, 11) is 0. The summed E-state index contributed by atoms with van der Waals surface area (Å²) in [6, 6.07) is 14.1. The number of hydrogen-bond acceptors (Lipinski definition) is 5. The second-order valence-corrected chi connectivity index (χ2v) is 8.14. The van der Waals surface area contributed by atoms with Crippen LogP contribution in [-0.4, -0.2) is 18.4 Å². The van der Waals surface area contributed by atoms with Gasteiger partial charge in [0.25, 0.3) is 0 Å². The number of carbonyl (C=O) groups excluding carboxylic acids is 2. The van der Waals surface area contributed by atoms with Crippen molar-refractivity contribution in [2.24, 2.45) is 0 Å². The summed E-state index contributed by atoms with van der Waals surface area (Å²) >= 11 is 1.57. The predicted octanol–water partition coefficient (Wildman–Crippen LogP) is 4.67. The zero-order chi connectivity index (χ0) is 19.7. The van der Waals surface area contributed by atoms with Crippen LogP contribution in [0.25, 0.3) is 0 Å². The third-order valence-corrected chi connectivity index (χ3v) is 6.36. The number of nitrogens with one attached hydrogen (secondary N) is 1. The molecule has 0 spiro atoms. The molecule has 2 unspecified atom stereocenters. The second-order valence-electron chi connectivity index (χ2n) is 7.16. The van der Waals surface area contributed by atoms with Crippen molar-refractivity contribution in [2.75, 3.05) is 6.61 Å². The number of rotatable bonds is 4. The third kappa shape index (κ3) is 3.31. The van der Waals surface area contributed by atoms with E-state index in [1.807, 2.05) is 42.6 Å². The SMILES string of the molecule is CCOC(=O)C1=C(C)NC2=C(C(=O)CC(c3ccccc3)C2)C1c1cccs1. The molecular formula is C23H23NO3S. The molecule has 1 aromatic heterocycles. The van der Waals surface area contributed by atoms with E-state index in [0.717, 1.165) is 28.3 Å². The first kappa shape index (κ1) is 18.7. The molecule has 1 N–H and O–H groups in total. The highest BCUT2D eigenvalue weighted by molar-refractivity contribution is 7.10. The van der Waals surface area contributed by atoms with Gasteiger partial charge in [-0.25, -0.2) is 4.79 Å². The van der Waals surface area contributed by atoms with E-state index >= 15 is 0 Å². The Bertz CT molecular complexity index is 957. The number of Topliss-reactive ketones (excluding diaryl/α,β-unsaturated/α-hetero) is 1. The average Bonchev–Trinajstić information content (AvgIpc) is 3.22. The molecule has 2 atom stereocenters. The first-order chi connectivity index (χ1) is 13.6. The minimum atomic E-state index is -0.351. The van der Waals surface area contributed by atoms with Gasteiger partial charge in [0.1, 0.15) is 0 Å². The monoisotopic (exact) mass is 393 g/mol. The van der Waals surface area contributed by atoms with Crippen molar-refractivity contribution in [2.45, 2.75) is 38.5 Å². The van der Waals surface area contributed by atoms with Gasteiger partial charge in [-0.2, -0.15) is 0 Å². The molecule has 1 aromatic carbocycles. The lowest BCUT2D eigenvalue weighted by Gasteiger charge is -2.36. The fraction of sp³-hybridized carbons (Fsp3) is 0.304. The lowest BCUT2D eigenvalue weighted by molar-refractivity contribution is -0.138. The van der Waals surface area contributed by atoms with Crippen LogP contribution in [0.1, 0.15) is 49.0 Å². The minimum Gasteiger partial charge on any atom is -0.463 e. The van der Waals surface area contributed by atoms with Gasteiger partial charge >= 0.3 is 5.97 Å². The highest BCUT2D eigenvalue weighted by Gasteiger charge is 2.41. The van der Waals surface area contributed by atoms with Crippen molar-refractivity contribution in [3.63, 3.8) is 0 Å². The van der Waals surface area contributed by atoms with Crippen molar-refractivity contribution >= 4 is 23.1 Å². The van der Waals surface area contributed by atoms with Crippen LogP contribution in [0.15, 0.2) is 70.4 Å². The maximum absolute atomic E-state index is 13.3. The van der Waals surface area contributed by atoms with E-state index in [-0.39, 0.29) is 23.6 Å². The standard InChI is InChI=1S/C23H23NO3S/c1-3-27-23(26)20-14(2)24-17-12-16(15-8-5-4-6-9-15)13-18(25)21(17)22(20)19-10-7-11-28-19/h4-11,16,22,24H,3,12-13H2,1-2H3. The molecule has 1 aliphatic heterocycles. The number of ketones is 1. The average molecular weight is 394 g/mol. The van der Waals surface area contributed by atoms with Gasteiger partial charge in [-0.1, -0.05) is 36.4 Å². The molecule has 28 heavy (non-hydrogen) atoms. The molecule has 1 aliphatic carbocycles. The molecule has 0 amide bonds. The number of thiophene rings is 1. The molecule has 2 aliphatic rings. The largest absolute Gasteiger partial charge is 0.463 e. The summed E-state index contributed by atoms with van der Waals surface area (Å²) in [6.07, 6.45) is 1.22. The Labute approximate surface area is 168 Å². The maximum atomic E-state index is 13.3. The van der Waals surface area contributed by atoms with Crippen molar-refractivity contribution in [3.8, 4) is 0 Å². The van der Waals surface area contributed by atoms with E-state index in [4.69, 9.17) is 4.74 Å². The Morgan fingerprint density at radius 2 is 1.96 bits per heavy atom. The molecule has 4 rings (SSSR count). The van der Waals surface area contributed by atoms with Crippen molar-refractivity contribution < 1.29 is 14.3 Å². The number of ether oxygens (including phenoxy) is 1. The van der Waals surface area contributed by atoms with Crippen LogP contribution in [0.5, 0.6) is 0 Å². The molecule has 0 saturated heterocycles. The van der Waals surface area contributed by atoms with Gasteiger partial charge < -0.3 is 10.1 Å². The van der Waals surface area contributed by atoms with E-state index in [2.05, 4.69) is 17.4 Å². The summed E-state index contributed by atoms with van der Waals surface area (Å²) in [5, 5.41) is 5.35. The van der Waals surface area contributed by atoms with Gasteiger partial charge in [0.2, 0.25) is 0 Å². The van der Waals surface area contributed by atoms with Gasteiger partial charge in [0.15, 0.2) is 5.78 Å². The Morgan fingerprint density at radius 3 is 2.64 bits per heavy atom. The molecule has 0 fully saturated rings. The van der Waals surface area contributed by atoms with Crippen molar-refractivity contribution in [1.29, 1.82) is 0 Å². The quantitative estimate of drug-likeness (QED) is 0.767. The van der Waals surface area contributed by atoms with E-state index in [1.165, 1.54) is 5.56 Å². The molecule has 0 radical (unpaired) electrons. The van der Waals surface area contributed by atoms with Gasteiger partial charge in [-0.3, -0.25) is 4.79 Å². The number of hydrogen-bond donors (Lipinski definition) is 1. The van der Waals surface area contributed by atoms with Crippen LogP contribution in [0.2, 0.25) is 0 Å². The first-order valence-electron chi connectivity index (χ1n) is 9.59. The maximum Gasteiger partial charge on any atom is 0.336 e. The van der Waals surface area contributed by atoms with Gasteiger partial charge in [-0.05, 0) is 43.2 Å². The highest BCUT2D eigenvalue weighted by Crippen LogP contribution is 2.46. The Kier molecular flexibility index (Phi) is 5.18. The number of benzene rings is 1. The molecule has 144 valence electrons. The molecule has 2 aromatic rings. The Morgan fingerprint density at radius 1 is 1.18 bits per heavy atom. The van der Waals surface area contributed by atoms with Crippen LogP contribution in [0.4, 0.5) is 0 Å². The van der Waals surface area contributed by atoms with E-state index in [0.29, 0.717) is 18.6 Å². The molecule has 0 bridgehead atoms. The number of allylic oxidation sites excluding steroid dienone is 3. The van der Waals surface area contributed by atoms with Crippen LogP contribution in [-0.2, 0) is 14.3 Å². The van der Waals surface area contributed by atoms with Crippen LogP contribution < -0.4 is 5.32 Å². The van der Waals surface area contributed by atoms with Crippen molar-refractivity contribution in [3.05, 3.63) is 80.8 Å². The Balaban J connectivity index is 1.77.